The van der Waals surface area contributed by atoms with E-state index in [1.807, 2.05) is 0 Å². The summed E-state index contributed by atoms with van der Waals surface area (Å²) in [5.41, 5.74) is -0.0258. The fourth-order valence-corrected chi connectivity index (χ4v) is 6.04. The van der Waals surface area contributed by atoms with Crippen LogP contribution in [0.3, 0.4) is 0 Å². The first-order valence-corrected chi connectivity index (χ1v) is 13.3. The van der Waals surface area contributed by atoms with Gasteiger partial charge in [-0.15, -0.1) is 0 Å². The fraction of sp³-hybridized carbons (Fsp3) is 0.222. The molecule has 0 bridgehead atoms. The van der Waals surface area contributed by atoms with Crippen LogP contribution in [-0.4, -0.2) is 34.1 Å². The summed E-state index contributed by atoms with van der Waals surface area (Å²) in [7, 11) is -3.38. The Morgan fingerprint density at radius 1 is 1.15 bits per heavy atom. The van der Waals surface area contributed by atoms with Gasteiger partial charge in [-0.25, -0.2) is 12.8 Å². The number of allylic oxidation sites excluding steroid dienone is 1. The number of rotatable bonds is 6. The Morgan fingerprint density at radius 2 is 1.87 bits per heavy atom. The Labute approximate surface area is 227 Å². The minimum atomic E-state index is -4.76. The number of carbonyl (C=O) groups is 1. The zero-order chi connectivity index (χ0) is 28.5. The number of hydrogen-bond acceptors (Lipinski definition) is 5. The van der Waals surface area contributed by atoms with Crippen LogP contribution in [0.2, 0.25) is 5.02 Å². The topological polar surface area (TPSA) is 72.9 Å². The van der Waals surface area contributed by atoms with E-state index in [4.69, 9.17) is 16.3 Å². The molecule has 0 saturated heterocycles. The van der Waals surface area contributed by atoms with E-state index in [1.165, 1.54) is 37.4 Å². The van der Waals surface area contributed by atoms with E-state index < -0.39 is 44.5 Å². The van der Waals surface area contributed by atoms with E-state index in [0.29, 0.717) is 17.2 Å². The Kier molecular flexibility index (Phi) is 7.94. The third-order valence-electron chi connectivity index (χ3n) is 6.03. The van der Waals surface area contributed by atoms with Gasteiger partial charge in [0, 0.05) is 5.56 Å². The van der Waals surface area contributed by atoms with Crippen molar-refractivity contribution >= 4 is 44.9 Å². The number of alkyl halides is 3. The summed E-state index contributed by atoms with van der Waals surface area (Å²) in [5.74, 6) is -1.11. The molecule has 1 atom stereocenters. The van der Waals surface area contributed by atoms with Crippen LogP contribution < -0.4 is 9.04 Å². The molecule has 1 aliphatic rings. The van der Waals surface area contributed by atoms with Crippen LogP contribution in [0.4, 0.5) is 23.2 Å². The number of sulfonamides is 1. The highest BCUT2D eigenvalue weighted by atomic mass is 35.5. The molecule has 39 heavy (non-hydrogen) atoms. The molecule has 0 spiro atoms. The number of methoxy groups -OCH3 is 1. The maximum Gasteiger partial charge on any atom is 0.416 e. The molecule has 206 valence electrons. The molecule has 0 saturated carbocycles. The van der Waals surface area contributed by atoms with Gasteiger partial charge in [0.25, 0.3) is 10.0 Å². The molecule has 4 rings (SSSR count). The lowest BCUT2D eigenvalue weighted by Crippen LogP contribution is -2.44. The number of esters is 1. The molecule has 0 fully saturated rings. The fourth-order valence-electron chi connectivity index (χ4n) is 4.18. The second-order valence-corrected chi connectivity index (χ2v) is 11.0. The summed E-state index contributed by atoms with van der Waals surface area (Å²) < 4.78 is 93.2. The zero-order valence-electron chi connectivity index (χ0n) is 20.6. The molecule has 0 aliphatic carbocycles. The first-order chi connectivity index (χ1) is 18.3. The van der Waals surface area contributed by atoms with Crippen molar-refractivity contribution in [1.29, 1.82) is 0 Å². The van der Waals surface area contributed by atoms with Crippen molar-refractivity contribution in [3.8, 4) is 5.75 Å². The second kappa shape index (κ2) is 10.9. The molecular weight excluding hydrogens is 562 g/mol. The normalized spacial score (nSPS) is 15.9. The molecule has 0 radical (unpaired) electrons. The molecule has 3 aromatic carbocycles. The van der Waals surface area contributed by atoms with Gasteiger partial charge in [-0.1, -0.05) is 35.9 Å². The number of hydrogen-bond donors (Lipinski definition) is 0. The number of fused-ring (bicyclic) bond motifs is 1. The summed E-state index contributed by atoms with van der Waals surface area (Å²) in [6.07, 6.45) is -4.44. The van der Waals surface area contributed by atoms with Gasteiger partial charge in [0.2, 0.25) is 0 Å². The van der Waals surface area contributed by atoms with Crippen molar-refractivity contribution in [3.63, 3.8) is 0 Å². The third-order valence-corrected chi connectivity index (χ3v) is 8.12. The number of halogens is 5. The zero-order valence-corrected chi connectivity index (χ0v) is 22.2. The van der Waals surface area contributed by atoms with Crippen molar-refractivity contribution in [1.82, 2.24) is 0 Å². The van der Waals surface area contributed by atoms with Crippen LogP contribution in [0.15, 0.2) is 65.6 Å². The molecule has 0 aromatic heterocycles. The Balaban J connectivity index is 1.81. The van der Waals surface area contributed by atoms with Gasteiger partial charge in [0.15, 0.2) is 0 Å². The second-order valence-electron chi connectivity index (χ2n) is 8.73. The van der Waals surface area contributed by atoms with Gasteiger partial charge in [-0.3, -0.25) is 9.10 Å². The smallest absolute Gasteiger partial charge is 0.416 e. The van der Waals surface area contributed by atoms with Crippen LogP contribution in [-0.2, 0) is 25.7 Å². The Morgan fingerprint density at radius 3 is 2.54 bits per heavy atom. The highest BCUT2D eigenvalue weighted by molar-refractivity contribution is 7.92. The summed E-state index contributed by atoms with van der Waals surface area (Å²) in [6.45, 7) is 1.26. The molecule has 0 N–H and O–H groups in total. The van der Waals surface area contributed by atoms with Gasteiger partial charge in [-0.2, -0.15) is 13.2 Å². The number of carbonyl (C=O) groups excluding carboxylic acids is 1. The first kappa shape index (κ1) is 28.4. The van der Waals surface area contributed by atoms with Crippen LogP contribution in [0.25, 0.3) is 11.6 Å². The molecule has 0 amide bonds. The van der Waals surface area contributed by atoms with Crippen LogP contribution >= 0.6 is 11.6 Å². The van der Waals surface area contributed by atoms with E-state index in [9.17, 15) is 30.8 Å². The minimum absolute atomic E-state index is 0.0368. The molecule has 3 aromatic rings. The SMILES string of the molecule is COC(=O)CC1CN(S(=O)(=O)c2cccc(C(F)(F)F)c2)c2cc(/C=C(\C)c3c(F)cccc3Cl)ccc2O1. The number of benzene rings is 3. The monoisotopic (exact) mass is 583 g/mol. The lowest BCUT2D eigenvalue weighted by molar-refractivity contribution is -0.142. The molecule has 12 heteroatoms. The summed E-state index contributed by atoms with van der Waals surface area (Å²) in [6, 6.07) is 12.1. The van der Waals surface area contributed by atoms with E-state index in [2.05, 4.69) is 4.74 Å². The Hall–Kier alpha value is -3.57. The summed E-state index contributed by atoms with van der Waals surface area (Å²) in [4.78, 5) is 11.3. The van der Waals surface area contributed by atoms with Crippen LogP contribution in [0.1, 0.15) is 30.0 Å². The van der Waals surface area contributed by atoms with E-state index in [1.54, 1.807) is 19.1 Å². The van der Waals surface area contributed by atoms with E-state index in [0.717, 1.165) is 22.5 Å². The quantitative estimate of drug-likeness (QED) is 0.186. The average Bonchev–Trinajstić information content (AvgIpc) is 2.87. The number of ether oxygens (including phenoxy) is 2. The van der Waals surface area contributed by atoms with Crippen molar-refractivity contribution in [3.05, 3.63) is 88.2 Å². The number of anilines is 1. The van der Waals surface area contributed by atoms with Crippen molar-refractivity contribution < 1.29 is 40.2 Å². The van der Waals surface area contributed by atoms with Crippen LogP contribution in [0, 0.1) is 5.82 Å². The summed E-state index contributed by atoms with van der Waals surface area (Å²) >= 11 is 6.16. The lowest BCUT2D eigenvalue weighted by Gasteiger charge is -2.35. The highest BCUT2D eigenvalue weighted by Gasteiger charge is 2.37. The van der Waals surface area contributed by atoms with Crippen molar-refractivity contribution in [2.75, 3.05) is 18.0 Å². The Bertz CT molecular complexity index is 1540. The average molecular weight is 584 g/mol. The van der Waals surface area contributed by atoms with Crippen molar-refractivity contribution in [2.45, 2.75) is 30.5 Å². The summed E-state index contributed by atoms with van der Waals surface area (Å²) in [5, 5.41) is 0.185. The maximum atomic E-state index is 14.4. The molecule has 1 unspecified atom stereocenters. The minimum Gasteiger partial charge on any atom is -0.486 e. The number of nitrogens with zero attached hydrogens (tertiary/aromatic N) is 1. The van der Waals surface area contributed by atoms with E-state index >= 15 is 0 Å². The standard InChI is InChI=1S/C27H22ClF4NO5S/c1-16(26-21(28)7-4-8-22(26)29)11-17-9-10-24-23(12-17)33(15-19(38-24)14-25(34)37-2)39(35,36)20-6-3-5-18(13-20)27(30,31)32/h3-13,19H,14-15H2,1-2H3/b16-11+. The largest absolute Gasteiger partial charge is 0.486 e. The van der Waals surface area contributed by atoms with Crippen LogP contribution in [0.5, 0.6) is 5.75 Å². The third kappa shape index (κ3) is 6.04. The van der Waals surface area contributed by atoms with Crippen molar-refractivity contribution in [2.24, 2.45) is 0 Å². The van der Waals surface area contributed by atoms with Gasteiger partial charge >= 0.3 is 12.1 Å². The first-order valence-electron chi connectivity index (χ1n) is 11.5. The molecule has 1 aliphatic heterocycles. The lowest BCUT2D eigenvalue weighted by atomic mass is 10.0. The van der Waals surface area contributed by atoms with Gasteiger partial charge < -0.3 is 9.47 Å². The van der Waals surface area contributed by atoms with Gasteiger partial charge in [0.1, 0.15) is 17.7 Å². The predicted molar refractivity (Wildman–Crippen MR) is 138 cm³/mol. The molecular formula is C27H22ClF4NO5S. The van der Waals surface area contributed by atoms with Gasteiger partial charge in [-0.05, 0) is 60.5 Å². The van der Waals surface area contributed by atoms with Gasteiger partial charge in [0.05, 0.1) is 41.2 Å². The predicted octanol–water partition coefficient (Wildman–Crippen LogP) is 6.58. The van der Waals surface area contributed by atoms with E-state index in [-0.39, 0.29) is 35.0 Å². The highest BCUT2D eigenvalue weighted by Crippen LogP contribution is 2.40. The molecule has 1 heterocycles. The molecule has 6 nitrogen and oxygen atoms in total. The maximum absolute atomic E-state index is 14.4.